The summed E-state index contributed by atoms with van der Waals surface area (Å²) in [5.74, 6) is 1.59. The summed E-state index contributed by atoms with van der Waals surface area (Å²) in [6.07, 6.45) is 8.95. The maximum Gasteiger partial charge on any atom is 0.236 e. The Labute approximate surface area is 152 Å². The summed E-state index contributed by atoms with van der Waals surface area (Å²) in [4.78, 5) is 31.6. The van der Waals surface area contributed by atoms with E-state index in [4.69, 9.17) is 0 Å². The van der Waals surface area contributed by atoms with Crippen molar-refractivity contribution in [2.24, 2.45) is 11.8 Å². The number of hydrogen-bond acceptors (Lipinski definition) is 3. The van der Waals surface area contributed by atoms with Crippen molar-refractivity contribution in [3.05, 3.63) is 0 Å². The molecule has 3 aliphatic heterocycles. The quantitative estimate of drug-likeness (QED) is 0.786. The Bertz CT molecular complexity index is 444. The first-order valence-corrected chi connectivity index (χ1v) is 10.4. The second kappa shape index (κ2) is 9.02. The van der Waals surface area contributed by atoms with Gasteiger partial charge in [0.15, 0.2) is 0 Å². The maximum atomic E-state index is 12.7. The van der Waals surface area contributed by atoms with E-state index in [9.17, 15) is 9.59 Å². The first kappa shape index (κ1) is 18.7. The van der Waals surface area contributed by atoms with Crippen LogP contribution >= 0.6 is 0 Å². The zero-order chi connectivity index (χ0) is 17.6. The van der Waals surface area contributed by atoms with E-state index < -0.39 is 0 Å². The van der Waals surface area contributed by atoms with Crippen LogP contribution in [0.4, 0.5) is 0 Å². The van der Waals surface area contributed by atoms with Gasteiger partial charge in [0.1, 0.15) is 0 Å². The molecular formula is C20H35N3O2. The fourth-order valence-corrected chi connectivity index (χ4v) is 4.44. The lowest BCUT2D eigenvalue weighted by Crippen LogP contribution is -2.47. The molecule has 5 heteroatoms. The van der Waals surface area contributed by atoms with Crippen LogP contribution in [0.25, 0.3) is 0 Å². The van der Waals surface area contributed by atoms with Crippen molar-refractivity contribution in [2.45, 2.75) is 58.3 Å². The highest BCUT2D eigenvalue weighted by molar-refractivity contribution is 5.79. The number of amides is 2. The molecule has 0 aromatic heterocycles. The Kier molecular flexibility index (Phi) is 6.74. The minimum Gasteiger partial charge on any atom is -0.342 e. The van der Waals surface area contributed by atoms with Gasteiger partial charge in [-0.2, -0.15) is 0 Å². The number of hydrogen-bond donors (Lipinski definition) is 0. The van der Waals surface area contributed by atoms with Crippen LogP contribution in [-0.4, -0.2) is 72.3 Å². The summed E-state index contributed by atoms with van der Waals surface area (Å²) in [7, 11) is 0. The lowest BCUT2D eigenvalue weighted by atomic mass is 9.95. The van der Waals surface area contributed by atoms with Gasteiger partial charge >= 0.3 is 0 Å². The molecule has 3 heterocycles. The van der Waals surface area contributed by atoms with Crippen molar-refractivity contribution in [3.63, 3.8) is 0 Å². The van der Waals surface area contributed by atoms with Crippen LogP contribution in [0, 0.1) is 11.8 Å². The van der Waals surface area contributed by atoms with Crippen LogP contribution in [0.5, 0.6) is 0 Å². The van der Waals surface area contributed by atoms with Crippen LogP contribution in [0.2, 0.25) is 0 Å². The summed E-state index contributed by atoms with van der Waals surface area (Å²) < 4.78 is 0. The molecule has 3 rings (SSSR count). The van der Waals surface area contributed by atoms with E-state index in [1.165, 1.54) is 12.8 Å². The monoisotopic (exact) mass is 349 g/mol. The van der Waals surface area contributed by atoms with Crippen molar-refractivity contribution in [2.75, 3.05) is 45.8 Å². The Morgan fingerprint density at radius 1 is 0.760 bits per heavy atom. The first-order valence-electron chi connectivity index (χ1n) is 10.4. The molecule has 0 spiro atoms. The largest absolute Gasteiger partial charge is 0.342 e. The van der Waals surface area contributed by atoms with Crippen molar-refractivity contribution in [3.8, 4) is 0 Å². The number of rotatable bonds is 3. The third-order valence-corrected chi connectivity index (χ3v) is 6.35. The molecule has 2 amide bonds. The molecular weight excluding hydrogens is 314 g/mol. The molecule has 0 bridgehead atoms. The predicted octanol–water partition coefficient (Wildman–Crippen LogP) is 2.36. The molecule has 142 valence electrons. The minimum atomic E-state index is 0.181. The van der Waals surface area contributed by atoms with Gasteiger partial charge in [-0.25, -0.2) is 0 Å². The van der Waals surface area contributed by atoms with Crippen molar-refractivity contribution >= 4 is 11.8 Å². The fraction of sp³-hybridized carbons (Fsp3) is 0.900. The Morgan fingerprint density at radius 2 is 1.36 bits per heavy atom. The molecule has 0 aromatic carbocycles. The summed E-state index contributed by atoms with van der Waals surface area (Å²) in [6, 6.07) is 0. The number of piperidine rings is 2. The van der Waals surface area contributed by atoms with Gasteiger partial charge in [0.2, 0.25) is 11.8 Å². The lowest BCUT2D eigenvalue weighted by molar-refractivity contribution is -0.137. The van der Waals surface area contributed by atoms with E-state index in [0.29, 0.717) is 12.5 Å². The molecule has 3 fully saturated rings. The molecule has 3 aliphatic rings. The first-order chi connectivity index (χ1) is 12.1. The molecule has 0 atom stereocenters. The minimum absolute atomic E-state index is 0.181. The molecule has 0 saturated carbocycles. The molecule has 3 saturated heterocycles. The summed E-state index contributed by atoms with van der Waals surface area (Å²) in [5.41, 5.74) is 0. The lowest BCUT2D eigenvalue weighted by Gasteiger charge is -2.36. The van der Waals surface area contributed by atoms with Gasteiger partial charge in [-0.15, -0.1) is 0 Å². The number of likely N-dealkylation sites (tertiary alicyclic amines) is 3. The molecule has 0 aromatic rings. The van der Waals surface area contributed by atoms with Gasteiger partial charge in [0, 0.05) is 32.1 Å². The van der Waals surface area contributed by atoms with Gasteiger partial charge in [0.05, 0.1) is 6.54 Å². The Morgan fingerprint density at radius 3 is 1.96 bits per heavy atom. The summed E-state index contributed by atoms with van der Waals surface area (Å²) >= 11 is 0. The molecule has 0 radical (unpaired) electrons. The van der Waals surface area contributed by atoms with Crippen LogP contribution in [-0.2, 0) is 9.59 Å². The van der Waals surface area contributed by atoms with Crippen LogP contribution < -0.4 is 0 Å². The van der Waals surface area contributed by atoms with E-state index >= 15 is 0 Å². The molecule has 5 nitrogen and oxygen atoms in total. The van der Waals surface area contributed by atoms with E-state index in [1.807, 2.05) is 4.90 Å². The van der Waals surface area contributed by atoms with Gasteiger partial charge in [-0.1, -0.05) is 19.8 Å². The van der Waals surface area contributed by atoms with E-state index in [0.717, 1.165) is 83.7 Å². The smallest absolute Gasteiger partial charge is 0.236 e. The molecule has 0 aliphatic carbocycles. The predicted molar refractivity (Wildman–Crippen MR) is 99.2 cm³/mol. The molecule has 25 heavy (non-hydrogen) atoms. The average Bonchev–Trinajstić information content (AvgIpc) is 2.92. The highest BCUT2D eigenvalue weighted by atomic mass is 16.2. The topological polar surface area (TPSA) is 43.9 Å². The normalized spacial score (nSPS) is 25.0. The van der Waals surface area contributed by atoms with Crippen LogP contribution in [0.15, 0.2) is 0 Å². The number of nitrogens with zero attached hydrogens (tertiary/aromatic N) is 3. The Balaban J connectivity index is 1.40. The third-order valence-electron chi connectivity index (χ3n) is 6.35. The van der Waals surface area contributed by atoms with E-state index in [1.54, 1.807) is 0 Å². The van der Waals surface area contributed by atoms with Crippen molar-refractivity contribution in [1.82, 2.24) is 14.7 Å². The fourth-order valence-electron chi connectivity index (χ4n) is 4.44. The third kappa shape index (κ3) is 5.19. The van der Waals surface area contributed by atoms with Crippen molar-refractivity contribution in [1.29, 1.82) is 0 Å². The zero-order valence-electron chi connectivity index (χ0n) is 15.9. The van der Waals surface area contributed by atoms with Gasteiger partial charge < -0.3 is 9.80 Å². The Hall–Kier alpha value is -1.10. The summed E-state index contributed by atoms with van der Waals surface area (Å²) in [6.45, 7) is 8.33. The highest BCUT2D eigenvalue weighted by Gasteiger charge is 2.30. The molecule has 0 N–H and O–H groups in total. The van der Waals surface area contributed by atoms with Crippen molar-refractivity contribution < 1.29 is 9.59 Å². The number of carbonyl (C=O) groups is 2. The second-order valence-electron chi connectivity index (χ2n) is 8.35. The van der Waals surface area contributed by atoms with Crippen LogP contribution in [0.3, 0.4) is 0 Å². The number of carbonyl (C=O) groups excluding carboxylic acids is 2. The van der Waals surface area contributed by atoms with Gasteiger partial charge in [0.25, 0.3) is 0 Å². The standard InChI is InChI=1S/C20H35N3O2/c1-17-6-14-22(15-7-17)19(24)16-21-12-8-18(9-13-21)20(25)23-10-4-2-3-5-11-23/h17-18H,2-16H2,1H3. The van der Waals surface area contributed by atoms with E-state index in [2.05, 4.69) is 16.7 Å². The summed E-state index contributed by atoms with van der Waals surface area (Å²) in [5, 5.41) is 0. The maximum absolute atomic E-state index is 12.7. The average molecular weight is 350 g/mol. The van der Waals surface area contributed by atoms with Gasteiger partial charge in [-0.05, 0) is 57.5 Å². The van der Waals surface area contributed by atoms with E-state index in [-0.39, 0.29) is 11.8 Å². The highest BCUT2D eigenvalue weighted by Crippen LogP contribution is 2.22. The molecule has 0 unspecified atom stereocenters. The van der Waals surface area contributed by atoms with Gasteiger partial charge in [-0.3, -0.25) is 14.5 Å². The SMILES string of the molecule is CC1CCN(C(=O)CN2CCC(C(=O)N3CCCCCC3)CC2)CC1. The zero-order valence-corrected chi connectivity index (χ0v) is 15.9. The second-order valence-corrected chi connectivity index (χ2v) is 8.35. The van der Waals surface area contributed by atoms with Crippen LogP contribution in [0.1, 0.15) is 58.3 Å².